The molecule has 0 saturated heterocycles. The summed E-state index contributed by atoms with van der Waals surface area (Å²) in [5.41, 5.74) is 6.15. The lowest BCUT2D eigenvalue weighted by Crippen LogP contribution is -2.09. The van der Waals surface area contributed by atoms with Crippen molar-refractivity contribution < 1.29 is 4.79 Å². The Labute approximate surface area is 178 Å². The Morgan fingerprint density at radius 1 is 0.966 bits per heavy atom. The number of hydrogen-bond acceptors (Lipinski definition) is 8. The molecular formula is C20H24N6OS2. The van der Waals surface area contributed by atoms with Gasteiger partial charge in [-0.05, 0) is 54.5 Å². The number of pyridine rings is 1. The van der Waals surface area contributed by atoms with Crippen LogP contribution in [0.5, 0.6) is 0 Å². The zero-order valence-electron chi connectivity index (χ0n) is 16.0. The number of benzene rings is 1. The molecule has 0 radical (unpaired) electrons. The smallest absolute Gasteiger partial charge is 0.157 e. The van der Waals surface area contributed by atoms with Crippen LogP contribution in [0.3, 0.4) is 0 Å². The predicted octanol–water partition coefficient (Wildman–Crippen LogP) is 4.59. The SMILES string of the molecule is N=C(N)SC(=N)CCCCC(=N)SC(=N)CC(=O)Cc1cccc2cnccc12. The van der Waals surface area contributed by atoms with Crippen molar-refractivity contribution in [2.24, 2.45) is 5.73 Å². The molecule has 0 amide bonds. The number of hydrogen-bond donors (Lipinski definition) is 5. The van der Waals surface area contributed by atoms with E-state index in [1.807, 2.05) is 24.3 Å². The average Bonchev–Trinajstić information content (AvgIpc) is 2.64. The van der Waals surface area contributed by atoms with Crippen molar-refractivity contribution in [1.82, 2.24) is 4.98 Å². The summed E-state index contributed by atoms with van der Waals surface area (Å²) in [6.45, 7) is 0. The maximum absolute atomic E-state index is 12.4. The lowest BCUT2D eigenvalue weighted by Gasteiger charge is -2.07. The van der Waals surface area contributed by atoms with Crippen LogP contribution < -0.4 is 5.73 Å². The molecule has 0 aliphatic carbocycles. The molecule has 2 aromatic rings. The molecule has 7 nitrogen and oxygen atoms in total. The summed E-state index contributed by atoms with van der Waals surface area (Å²) in [6.07, 6.45) is 6.23. The molecule has 0 bridgehead atoms. The lowest BCUT2D eigenvalue weighted by molar-refractivity contribution is -0.117. The number of nitrogens with two attached hydrogens (primary N) is 1. The van der Waals surface area contributed by atoms with Gasteiger partial charge in [-0.2, -0.15) is 0 Å². The Balaban J connectivity index is 1.72. The molecule has 1 aromatic heterocycles. The number of ketones is 1. The standard InChI is InChI=1S/C20H24N6OS2/c21-17(6-1-2-7-18(22)29-20(24)25)28-19(23)11-15(27)10-13-4-3-5-14-12-26-9-8-16(13)14/h3-5,8-9,12,21-23H,1-2,6-7,10-11H2,(H3,24,25). The third-order valence-corrected chi connectivity index (χ3v) is 5.57. The molecule has 0 spiro atoms. The molecule has 152 valence electrons. The van der Waals surface area contributed by atoms with Gasteiger partial charge < -0.3 is 5.73 Å². The number of thioether (sulfide) groups is 2. The van der Waals surface area contributed by atoms with E-state index in [2.05, 4.69) is 4.98 Å². The molecule has 9 heteroatoms. The van der Waals surface area contributed by atoms with E-state index in [4.69, 9.17) is 27.4 Å². The highest BCUT2D eigenvalue weighted by Gasteiger charge is 2.12. The van der Waals surface area contributed by atoms with Gasteiger partial charge in [-0.15, -0.1) is 0 Å². The van der Waals surface area contributed by atoms with Crippen LogP contribution in [0.4, 0.5) is 0 Å². The van der Waals surface area contributed by atoms with Gasteiger partial charge in [0, 0.05) is 24.2 Å². The third kappa shape index (κ3) is 8.16. The fourth-order valence-electron chi connectivity index (χ4n) is 2.79. The Morgan fingerprint density at radius 2 is 1.66 bits per heavy atom. The molecule has 0 aliphatic rings. The summed E-state index contributed by atoms with van der Waals surface area (Å²) in [4.78, 5) is 16.5. The van der Waals surface area contributed by atoms with E-state index < -0.39 is 0 Å². The third-order valence-electron chi connectivity index (χ3n) is 4.05. The number of fused-ring (bicyclic) bond motifs is 1. The zero-order valence-corrected chi connectivity index (χ0v) is 17.6. The maximum Gasteiger partial charge on any atom is 0.157 e. The van der Waals surface area contributed by atoms with E-state index in [0.29, 0.717) is 22.9 Å². The van der Waals surface area contributed by atoms with Gasteiger partial charge in [0.15, 0.2) is 5.17 Å². The zero-order chi connectivity index (χ0) is 21.2. The van der Waals surface area contributed by atoms with Gasteiger partial charge in [0.2, 0.25) is 0 Å². The first-order valence-corrected chi connectivity index (χ1v) is 10.7. The van der Waals surface area contributed by atoms with Crippen molar-refractivity contribution in [2.75, 3.05) is 0 Å². The second-order valence-corrected chi connectivity index (χ2v) is 8.78. The molecule has 0 aliphatic heterocycles. The molecule has 1 heterocycles. The van der Waals surface area contributed by atoms with Crippen LogP contribution in [0, 0.1) is 21.6 Å². The number of rotatable bonds is 9. The van der Waals surface area contributed by atoms with E-state index in [1.165, 1.54) is 0 Å². The van der Waals surface area contributed by atoms with Crippen molar-refractivity contribution in [1.29, 1.82) is 21.6 Å². The Bertz CT molecular complexity index is 938. The minimum Gasteiger partial charge on any atom is -0.378 e. The molecule has 0 atom stereocenters. The van der Waals surface area contributed by atoms with E-state index in [9.17, 15) is 4.79 Å². The number of carbonyl (C=O) groups excluding carboxylic acids is 1. The summed E-state index contributed by atoms with van der Waals surface area (Å²) in [5.74, 6) is -0.0469. The van der Waals surface area contributed by atoms with Gasteiger partial charge in [0.25, 0.3) is 0 Å². The number of amidine groups is 1. The van der Waals surface area contributed by atoms with Crippen molar-refractivity contribution in [3.8, 4) is 0 Å². The van der Waals surface area contributed by atoms with Crippen LogP contribution >= 0.6 is 23.5 Å². The lowest BCUT2D eigenvalue weighted by atomic mass is 10.0. The maximum atomic E-state index is 12.4. The molecule has 2 rings (SSSR count). The fourth-order valence-corrected chi connectivity index (χ4v) is 4.08. The number of carbonyl (C=O) groups is 1. The molecule has 29 heavy (non-hydrogen) atoms. The Morgan fingerprint density at radius 3 is 2.34 bits per heavy atom. The first-order valence-electron chi connectivity index (χ1n) is 9.10. The minimum absolute atomic E-state index is 0.0222. The van der Waals surface area contributed by atoms with Crippen LogP contribution in [-0.4, -0.2) is 31.1 Å². The van der Waals surface area contributed by atoms with Crippen LogP contribution in [-0.2, 0) is 11.2 Å². The summed E-state index contributed by atoms with van der Waals surface area (Å²) in [5, 5.41) is 33.5. The largest absolute Gasteiger partial charge is 0.378 e. The van der Waals surface area contributed by atoms with Crippen LogP contribution in [0.1, 0.15) is 37.7 Å². The summed E-state index contributed by atoms with van der Waals surface area (Å²) in [7, 11) is 0. The summed E-state index contributed by atoms with van der Waals surface area (Å²) >= 11 is 1.98. The highest BCUT2D eigenvalue weighted by atomic mass is 32.2. The number of Topliss-reactive ketones (excluding diaryl/α,β-unsaturated/α-hetero) is 1. The monoisotopic (exact) mass is 428 g/mol. The molecular weight excluding hydrogens is 404 g/mol. The van der Waals surface area contributed by atoms with E-state index in [0.717, 1.165) is 52.7 Å². The highest BCUT2D eigenvalue weighted by Crippen LogP contribution is 2.20. The van der Waals surface area contributed by atoms with Crippen molar-refractivity contribution in [3.05, 3.63) is 42.2 Å². The molecule has 1 aromatic carbocycles. The predicted molar refractivity (Wildman–Crippen MR) is 124 cm³/mol. The second kappa shape index (κ2) is 11.5. The van der Waals surface area contributed by atoms with E-state index in [1.54, 1.807) is 12.4 Å². The second-order valence-electron chi connectivity index (χ2n) is 6.45. The summed E-state index contributed by atoms with van der Waals surface area (Å²) < 4.78 is 0. The van der Waals surface area contributed by atoms with Gasteiger partial charge in [0.1, 0.15) is 5.78 Å². The topological polar surface area (TPSA) is 151 Å². The van der Waals surface area contributed by atoms with E-state index in [-0.39, 0.29) is 28.8 Å². The van der Waals surface area contributed by atoms with Gasteiger partial charge in [-0.3, -0.25) is 31.4 Å². The van der Waals surface area contributed by atoms with Crippen molar-refractivity contribution in [2.45, 2.75) is 38.5 Å². The first kappa shape index (κ1) is 22.8. The van der Waals surface area contributed by atoms with Gasteiger partial charge >= 0.3 is 0 Å². The first-order chi connectivity index (χ1) is 13.8. The highest BCUT2D eigenvalue weighted by molar-refractivity contribution is 8.26. The summed E-state index contributed by atoms with van der Waals surface area (Å²) in [6, 6.07) is 7.66. The van der Waals surface area contributed by atoms with E-state index >= 15 is 0 Å². The normalized spacial score (nSPS) is 10.6. The number of aromatic nitrogens is 1. The Kier molecular flexibility index (Phi) is 9.01. The molecule has 6 N–H and O–H groups in total. The van der Waals surface area contributed by atoms with Gasteiger partial charge in [-0.1, -0.05) is 30.0 Å². The van der Waals surface area contributed by atoms with Crippen LogP contribution in [0.15, 0.2) is 36.7 Å². The average molecular weight is 429 g/mol. The van der Waals surface area contributed by atoms with Crippen LogP contribution in [0.25, 0.3) is 10.8 Å². The van der Waals surface area contributed by atoms with Crippen molar-refractivity contribution >= 4 is 60.4 Å². The molecule has 0 saturated carbocycles. The van der Waals surface area contributed by atoms with Gasteiger partial charge in [-0.25, -0.2) is 0 Å². The number of nitrogens with one attached hydrogen (secondary N) is 4. The van der Waals surface area contributed by atoms with Crippen LogP contribution in [0.2, 0.25) is 0 Å². The number of nitrogens with zero attached hydrogens (tertiary/aromatic N) is 1. The van der Waals surface area contributed by atoms with Gasteiger partial charge in [0.05, 0.1) is 21.6 Å². The number of unbranched alkanes of at least 4 members (excludes halogenated alkanes) is 1. The molecule has 0 fully saturated rings. The van der Waals surface area contributed by atoms with Crippen molar-refractivity contribution in [3.63, 3.8) is 0 Å². The quantitative estimate of drug-likeness (QED) is 0.225. The molecule has 0 unspecified atom stereocenters. The Hall–Kier alpha value is -2.52. The fraction of sp³-hybridized carbons (Fsp3) is 0.300. The minimum atomic E-state index is -0.0865.